The highest BCUT2D eigenvalue weighted by atomic mass is 16.2. The molecule has 2 N–H and O–H groups in total. The van der Waals surface area contributed by atoms with E-state index in [2.05, 4.69) is 31.4 Å². The van der Waals surface area contributed by atoms with E-state index in [1.807, 2.05) is 54.6 Å². The van der Waals surface area contributed by atoms with Gasteiger partial charge in [0.05, 0.1) is 0 Å². The van der Waals surface area contributed by atoms with Gasteiger partial charge in [-0.3, -0.25) is 4.79 Å². The minimum absolute atomic E-state index is 0.0000491. The van der Waals surface area contributed by atoms with Crippen LogP contribution >= 0.6 is 0 Å². The Morgan fingerprint density at radius 2 is 1.57 bits per heavy atom. The number of anilines is 2. The van der Waals surface area contributed by atoms with Crippen LogP contribution in [0.25, 0.3) is 0 Å². The summed E-state index contributed by atoms with van der Waals surface area (Å²) < 4.78 is 0. The van der Waals surface area contributed by atoms with E-state index in [1.165, 1.54) is 0 Å². The summed E-state index contributed by atoms with van der Waals surface area (Å²) in [6, 6.07) is 17.8. The Kier molecular flexibility index (Phi) is 3.01. The molecule has 1 heterocycles. The van der Waals surface area contributed by atoms with E-state index >= 15 is 0 Å². The highest BCUT2D eigenvalue weighted by Crippen LogP contribution is 2.49. The minimum Gasteiger partial charge on any atom is -0.367 e. The van der Waals surface area contributed by atoms with E-state index < -0.39 is 5.54 Å². The lowest BCUT2D eigenvalue weighted by Crippen LogP contribution is -2.52. The summed E-state index contributed by atoms with van der Waals surface area (Å²) in [7, 11) is 0. The predicted molar refractivity (Wildman–Crippen MR) is 86.3 cm³/mol. The maximum Gasteiger partial charge on any atom is 0.255 e. The second kappa shape index (κ2) is 4.62. The van der Waals surface area contributed by atoms with Gasteiger partial charge in [0, 0.05) is 16.9 Å². The molecule has 0 bridgehead atoms. The lowest BCUT2D eigenvalue weighted by molar-refractivity contribution is -0.123. The average Bonchev–Trinajstić information content (AvgIpc) is 2.73. The van der Waals surface area contributed by atoms with Crippen LogP contribution in [0.1, 0.15) is 26.3 Å². The standard InChI is InChI=1S/C18H20N2O/c1-17(2,3)18(20-13-9-5-4-6-10-13)14-11-7-8-12-15(14)19-16(18)21/h4-12,20H,1-3H3,(H,19,21). The van der Waals surface area contributed by atoms with Gasteiger partial charge in [-0.25, -0.2) is 0 Å². The van der Waals surface area contributed by atoms with Crippen LogP contribution in [0, 0.1) is 5.41 Å². The molecule has 3 nitrogen and oxygen atoms in total. The van der Waals surface area contributed by atoms with Crippen molar-refractivity contribution in [2.24, 2.45) is 5.41 Å². The first-order chi connectivity index (χ1) is 9.95. The fraction of sp³-hybridized carbons (Fsp3) is 0.278. The fourth-order valence-electron chi connectivity index (χ4n) is 3.05. The smallest absolute Gasteiger partial charge is 0.255 e. The second-order valence-corrected chi connectivity index (χ2v) is 6.49. The zero-order chi connectivity index (χ0) is 15.1. The number of para-hydroxylation sites is 2. The topological polar surface area (TPSA) is 41.1 Å². The summed E-state index contributed by atoms with van der Waals surface area (Å²) in [6.07, 6.45) is 0. The van der Waals surface area contributed by atoms with Crippen LogP contribution < -0.4 is 10.6 Å². The number of amides is 1. The van der Waals surface area contributed by atoms with Crippen molar-refractivity contribution in [1.29, 1.82) is 0 Å². The van der Waals surface area contributed by atoms with Gasteiger partial charge in [-0.2, -0.15) is 0 Å². The van der Waals surface area contributed by atoms with Crippen LogP contribution in [0.2, 0.25) is 0 Å². The minimum atomic E-state index is -0.773. The van der Waals surface area contributed by atoms with Crippen molar-refractivity contribution in [3.05, 3.63) is 60.2 Å². The maximum absolute atomic E-state index is 12.8. The average molecular weight is 280 g/mol. The monoisotopic (exact) mass is 280 g/mol. The summed E-state index contributed by atoms with van der Waals surface area (Å²) >= 11 is 0. The molecule has 21 heavy (non-hydrogen) atoms. The summed E-state index contributed by atoms with van der Waals surface area (Å²) in [5, 5.41) is 6.50. The van der Waals surface area contributed by atoms with E-state index in [9.17, 15) is 4.79 Å². The van der Waals surface area contributed by atoms with Crippen LogP contribution in [-0.2, 0) is 10.3 Å². The van der Waals surface area contributed by atoms with Crippen LogP contribution in [0.5, 0.6) is 0 Å². The zero-order valence-corrected chi connectivity index (χ0v) is 12.6. The van der Waals surface area contributed by atoms with Crippen molar-refractivity contribution in [2.75, 3.05) is 10.6 Å². The molecule has 1 aliphatic heterocycles. The molecule has 2 aromatic rings. The molecule has 3 rings (SSSR count). The fourth-order valence-corrected chi connectivity index (χ4v) is 3.05. The summed E-state index contributed by atoms with van der Waals surface area (Å²) in [5.74, 6) is 0.0000491. The van der Waals surface area contributed by atoms with Crippen molar-refractivity contribution < 1.29 is 4.79 Å². The van der Waals surface area contributed by atoms with Crippen LogP contribution in [-0.4, -0.2) is 5.91 Å². The molecule has 0 saturated heterocycles. The molecule has 0 fully saturated rings. The van der Waals surface area contributed by atoms with Gasteiger partial charge in [-0.15, -0.1) is 0 Å². The van der Waals surface area contributed by atoms with Gasteiger partial charge in [-0.05, 0) is 23.6 Å². The molecular weight excluding hydrogens is 260 g/mol. The predicted octanol–water partition coefficient (Wildman–Crippen LogP) is 3.99. The second-order valence-electron chi connectivity index (χ2n) is 6.49. The Bertz CT molecular complexity index is 673. The SMILES string of the molecule is CC(C)(C)C1(Nc2ccccc2)C(=O)Nc2ccccc21. The van der Waals surface area contributed by atoms with E-state index in [1.54, 1.807) is 0 Å². The Morgan fingerprint density at radius 3 is 2.24 bits per heavy atom. The van der Waals surface area contributed by atoms with Gasteiger partial charge in [0.15, 0.2) is 0 Å². The molecule has 3 heteroatoms. The molecule has 0 aromatic heterocycles. The van der Waals surface area contributed by atoms with E-state index in [4.69, 9.17) is 0 Å². The van der Waals surface area contributed by atoms with Crippen LogP contribution in [0.15, 0.2) is 54.6 Å². The van der Waals surface area contributed by atoms with Gasteiger partial charge in [0.2, 0.25) is 0 Å². The van der Waals surface area contributed by atoms with Crippen molar-refractivity contribution >= 4 is 17.3 Å². The highest BCUT2D eigenvalue weighted by molar-refractivity contribution is 6.08. The number of carbonyl (C=O) groups is 1. The van der Waals surface area contributed by atoms with E-state index in [-0.39, 0.29) is 11.3 Å². The van der Waals surface area contributed by atoms with Gasteiger partial charge in [0.25, 0.3) is 5.91 Å². The summed E-state index contributed by atoms with van der Waals surface area (Å²) in [6.45, 7) is 6.26. The summed E-state index contributed by atoms with van der Waals surface area (Å²) in [4.78, 5) is 12.8. The highest BCUT2D eigenvalue weighted by Gasteiger charge is 2.54. The number of rotatable bonds is 2. The van der Waals surface area contributed by atoms with Crippen LogP contribution in [0.3, 0.4) is 0 Å². The van der Waals surface area contributed by atoms with E-state index in [0.717, 1.165) is 16.9 Å². The number of hydrogen-bond donors (Lipinski definition) is 2. The van der Waals surface area contributed by atoms with Gasteiger partial charge >= 0.3 is 0 Å². The van der Waals surface area contributed by atoms with Crippen molar-refractivity contribution in [2.45, 2.75) is 26.3 Å². The Morgan fingerprint density at radius 1 is 0.952 bits per heavy atom. The maximum atomic E-state index is 12.8. The van der Waals surface area contributed by atoms with E-state index in [0.29, 0.717) is 0 Å². The molecule has 108 valence electrons. The Labute approximate surface area is 125 Å². The normalized spacial score (nSPS) is 20.8. The Balaban J connectivity index is 2.17. The lowest BCUT2D eigenvalue weighted by Gasteiger charge is -2.41. The molecule has 0 saturated carbocycles. The third-order valence-electron chi connectivity index (χ3n) is 4.15. The first-order valence-corrected chi connectivity index (χ1v) is 7.19. The molecule has 2 aromatic carbocycles. The number of benzene rings is 2. The third kappa shape index (κ3) is 2.00. The molecule has 1 aliphatic rings. The Hall–Kier alpha value is -2.29. The molecule has 1 unspecified atom stereocenters. The lowest BCUT2D eigenvalue weighted by atomic mass is 9.69. The summed E-state index contributed by atoms with van der Waals surface area (Å²) in [5.41, 5.74) is 1.79. The van der Waals surface area contributed by atoms with Crippen molar-refractivity contribution in [3.63, 3.8) is 0 Å². The molecule has 0 aliphatic carbocycles. The van der Waals surface area contributed by atoms with Gasteiger partial charge in [-0.1, -0.05) is 57.2 Å². The number of hydrogen-bond acceptors (Lipinski definition) is 2. The quantitative estimate of drug-likeness (QED) is 0.873. The number of nitrogens with one attached hydrogen (secondary N) is 2. The number of fused-ring (bicyclic) bond motifs is 1. The zero-order valence-electron chi connectivity index (χ0n) is 12.6. The molecule has 0 spiro atoms. The van der Waals surface area contributed by atoms with Crippen LogP contribution in [0.4, 0.5) is 11.4 Å². The first-order valence-electron chi connectivity index (χ1n) is 7.19. The largest absolute Gasteiger partial charge is 0.367 e. The van der Waals surface area contributed by atoms with Gasteiger partial charge in [0.1, 0.15) is 5.54 Å². The van der Waals surface area contributed by atoms with Crippen molar-refractivity contribution in [1.82, 2.24) is 0 Å². The number of carbonyl (C=O) groups excluding carboxylic acids is 1. The molecule has 1 amide bonds. The van der Waals surface area contributed by atoms with Crippen molar-refractivity contribution in [3.8, 4) is 0 Å². The first kappa shape index (κ1) is 13.7. The molecule has 1 atom stereocenters. The molecule has 0 radical (unpaired) electrons. The molecular formula is C18H20N2O. The third-order valence-corrected chi connectivity index (χ3v) is 4.15. The van der Waals surface area contributed by atoms with Gasteiger partial charge < -0.3 is 10.6 Å².